The van der Waals surface area contributed by atoms with Crippen LogP contribution in [0.15, 0.2) is 34.9 Å². The maximum Gasteiger partial charge on any atom is 0.228 e. The molecule has 0 spiro atoms. The Hall–Kier alpha value is -1.46. The zero-order valence-corrected chi connectivity index (χ0v) is 13.9. The number of nitrogens with one attached hydrogen (secondary N) is 1. The van der Waals surface area contributed by atoms with Crippen molar-refractivity contribution in [3.8, 4) is 0 Å². The minimum absolute atomic E-state index is 0.0385. The molecule has 0 aliphatic carbocycles. The number of anilines is 1. The van der Waals surface area contributed by atoms with Crippen LogP contribution in [0.3, 0.4) is 0 Å². The summed E-state index contributed by atoms with van der Waals surface area (Å²) in [5.74, 6) is 0.227. The number of para-hydroxylation sites is 1. The Kier molecular flexibility index (Phi) is 5.31. The lowest BCUT2D eigenvalue weighted by Crippen LogP contribution is -2.30. The standard InChI is InChI=1S/C16H20BrN3O/c1-10(2)6-12(8-18)16(21)20-14-5-3-4-11-7-13(17)9-19-15(11)14/h3-5,7,9-10,12H,6,8,18H2,1-2H3,(H,20,21). The van der Waals surface area contributed by atoms with E-state index in [1.807, 2.05) is 24.3 Å². The number of carbonyl (C=O) groups excluding carboxylic acids is 1. The highest BCUT2D eigenvalue weighted by molar-refractivity contribution is 9.10. The summed E-state index contributed by atoms with van der Waals surface area (Å²) in [5.41, 5.74) is 7.24. The molecule has 112 valence electrons. The summed E-state index contributed by atoms with van der Waals surface area (Å²) in [5, 5.41) is 3.95. The number of rotatable bonds is 5. The van der Waals surface area contributed by atoms with E-state index in [1.165, 1.54) is 0 Å². The monoisotopic (exact) mass is 349 g/mol. The summed E-state index contributed by atoms with van der Waals surface area (Å²) < 4.78 is 0.915. The molecule has 0 fully saturated rings. The van der Waals surface area contributed by atoms with E-state index in [0.717, 1.165) is 27.5 Å². The maximum absolute atomic E-state index is 12.4. The average Bonchev–Trinajstić information content (AvgIpc) is 2.44. The SMILES string of the molecule is CC(C)CC(CN)C(=O)Nc1cccc2cc(Br)cnc12. The van der Waals surface area contributed by atoms with Crippen LogP contribution in [0.2, 0.25) is 0 Å². The first-order valence-electron chi connectivity index (χ1n) is 7.06. The number of pyridine rings is 1. The molecule has 1 unspecified atom stereocenters. The number of hydrogen-bond acceptors (Lipinski definition) is 3. The first-order chi connectivity index (χ1) is 10.0. The van der Waals surface area contributed by atoms with E-state index in [1.54, 1.807) is 6.20 Å². The number of nitrogens with two attached hydrogens (primary N) is 1. The highest BCUT2D eigenvalue weighted by Crippen LogP contribution is 2.24. The van der Waals surface area contributed by atoms with Gasteiger partial charge in [0.25, 0.3) is 0 Å². The topological polar surface area (TPSA) is 68.0 Å². The van der Waals surface area contributed by atoms with Gasteiger partial charge in [0.2, 0.25) is 5.91 Å². The van der Waals surface area contributed by atoms with E-state index in [9.17, 15) is 4.79 Å². The number of aromatic nitrogens is 1. The van der Waals surface area contributed by atoms with Crippen molar-refractivity contribution in [1.82, 2.24) is 4.98 Å². The van der Waals surface area contributed by atoms with Crippen molar-refractivity contribution in [2.45, 2.75) is 20.3 Å². The second kappa shape index (κ2) is 7.00. The highest BCUT2D eigenvalue weighted by Gasteiger charge is 2.19. The molecule has 4 nitrogen and oxygen atoms in total. The number of fused-ring (bicyclic) bond motifs is 1. The normalized spacial score (nSPS) is 12.6. The highest BCUT2D eigenvalue weighted by atomic mass is 79.9. The third kappa shape index (κ3) is 4.02. The van der Waals surface area contributed by atoms with Gasteiger partial charge in [-0.25, -0.2) is 0 Å². The van der Waals surface area contributed by atoms with Gasteiger partial charge >= 0.3 is 0 Å². The lowest BCUT2D eigenvalue weighted by molar-refractivity contribution is -0.120. The molecule has 21 heavy (non-hydrogen) atoms. The fraction of sp³-hybridized carbons (Fsp3) is 0.375. The molecular weight excluding hydrogens is 330 g/mol. The van der Waals surface area contributed by atoms with Gasteiger partial charge in [0, 0.05) is 22.6 Å². The third-order valence-corrected chi connectivity index (χ3v) is 3.78. The fourth-order valence-electron chi connectivity index (χ4n) is 2.35. The van der Waals surface area contributed by atoms with Crippen LogP contribution in [0, 0.1) is 11.8 Å². The Morgan fingerprint density at radius 3 is 2.86 bits per heavy atom. The Morgan fingerprint density at radius 1 is 1.43 bits per heavy atom. The fourth-order valence-corrected chi connectivity index (χ4v) is 2.70. The number of carbonyl (C=O) groups is 1. The van der Waals surface area contributed by atoms with Gasteiger partial charge in [0.15, 0.2) is 0 Å². The summed E-state index contributed by atoms with van der Waals surface area (Å²) in [4.78, 5) is 16.7. The molecule has 1 atom stereocenters. The van der Waals surface area contributed by atoms with Gasteiger partial charge in [-0.15, -0.1) is 0 Å². The first kappa shape index (κ1) is 15.9. The third-order valence-electron chi connectivity index (χ3n) is 3.35. The van der Waals surface area contributed by atoms with Crippen molar-refractivity contribution in [1.29, 1.82) is 0 Å². The van der Waals surface area contributed by atoms with Crippen molar-refractivity contribution >= 4 is 38.4 Å². The maximum atomic E-state index is 12.4. The van der Waals surface area contributed by atoms with Crippen molar-refractivity contribution in [3.63, 3.8) is 0 Å². The van der Waals surface area contributed by atoms with Crippen LogP contribution < -0.4 is 11.1 Å². The van der Waals surface area contributed by atoms with Crippen molar-refractivity contribution in [3.05, 3.63) is 34.9 Å². The molecule has 1 aromatic heterocycles. The molecule has 1 amide bonds. The summed E-state index contributed by atoms with van der Waals surface area (Å²) in [7, 11) is 0. The van der Waals surface area contributed by atoms with Crippen molar-refractivity contribution in [2.24, 2.45) is 17.6 Å². The van der Waals surface area contributed by atoms with Crippen LogP contribution in [-0.2, 0) is 4.79 Å². The summed E-state index contributed by atoms with van der Waals surface area (Å²) in [6, 6.07) is 7.72. The number of nitrogens with zero attached hydrogens (tertiary/aromatic N) is 1. The van der Waals surface area contributed by atoms with Crippen LogP contribution in [0.25, 0.3) is 10.9 Å². The molecule has 0 saturated carbocycles. The van der Waals surface area contributed by atoms with Gasteiger partial charge in [0.1, 0.15) is 0 Å². The Balaban J connectivity index is 2.25. The zero-order chi connectivity index (χ0) is 15.4. The Morgan fingerprint density at radius 2 is 2.19 bits per heavy atom. The second-order valence-electron chi connectivity index (χ2n) is 5.58. The average molecular weight is 350 g/mol. The van der Waals surface area contributed by atoms with Crippen LogP contribution in [0.1, 0.15) is 20.3 Å². The molecule has 5 heteroatoms. The number of hydrogen-bond donors (Lipinski definition) is 2. The molecule has 0 aliphatic rings. The predicted molar refractivity (Wildman–Crippen MR) is 90.1 cm³/mol. The van der Waals surface area contributed by atoms with E-state index >= 15 is 0 Å². The molecule has 1 aromatic carbocycles. The molecule has 2 aromatic rings. The van der Waals surface area contributed by atoms with Gasteiger partial charge in [-0.2, -0.15) is 0 Å². The second-order valence-corrected chi connectivity index (χ2v) is 6.50. The minimum atomic E-state index is -0.171. The molecule has 0 bridgehead atoms. The van der Waals surface area contributed by atoms with Gasteiger partial charge in [-0.05, 0) is 40.4 Å². The largest absolute Gasteiger partial charge is 0.330 e. The molecule has 1 heterocycles. The van der Waals surface area contributed by atoms with E-state index in [4.69, 9.17) is 5.73 Å². The van der Waals surface area contributed by atoms with E-state index in [0.29, 0.717) is 12.5 Å². The molecule has 0 saturated heterocycles. The summed E-state index contributed by atoms with van der Waals surface area (Å²) in [6.07, 6.45) is 2.51. The number of amides is 1. The Bertz CT molecular complexity index is 642. The predicted octanol–water partition coefficient (Wildman–Crippen LogP) is 3.56. The van der Waals surface area contributed by atoms with E-state index in [-0.39, 0.29) is 11.8 Å². The number of halogens is 1. The van der Waals surface area contributed by atoms with E-state index in [2.05, 4.69) is 40.1 Å². The van der Waals surface area contributed by atoms with Crippen LogP contribution in [0.5, 0.6) is 0 Å². The summed E-state index contributed by atoms with van der Waals surface area (Å²) >= 11 is 3.40. The van der Waals surface area contributed by atoms with Crippen molar-refractivity contribution < 1.29 is 4.79 Å². The van der Waals surface area contributed by atoms with Gasteiger partial charge in [0.05, 0.1) is 17.1 Å². The van der Waals surface area contributed by atoms with Gasteiger partial charge in [-0.1, -0.05) is 26.0 Å². The minimum Gasteiger partial charge on any atom is -0.330 e. The molecular formula is C16H20BrN3O. The van der Waals surface area contributed by atoms with Crippen LogP contribution in [-0.4, -0.2) is 17.4 Å². The van der Waals surface area contributed by atoms with Gasteiger partial charge < -0.3 is 11.1 Å². The molecule has 0 radical (unpaired) electrons. The number of benzene rings is 1. The molecule has 0 aliphatic heterocycles. The summed E-state index contributed by atoms with van der Waals surface area (Å²) in [6.45, 7) is 4.54. The molecule has 2 rings (SSSR count). The van der Waals surface area contributed by atoms with Gasteiger partial charge in [-0.3, -0.25) is 9.78 Å². The quantitative estimate of drug-likeness (QED) is 0.866. The molecule has 3 N–H and O–H groups in total. The zero-order valence-electron chi connectivity index (χ0n) is 12.3. The smallest absolute Gasteiger partial charge is 0.228 e. The van der Waals surface area contributed by atoms with E-state index < -0.39 is 0 Å². The van der Waals surface area contributed by atoms with Crippen LogP contribution >= 0.6 is 15.9 Å². The van der Waals surface area contributed by atoms with Crippen LogP contribution in [0.4, 0.5) is 5.69 Å². The lowest BCUT2D eigenvalue weighted by Gasteiger charge is -2.17. The lowest BCUT2D eigenvalue weighted by atomic mass is 9.96. The Labute approximate surface area is 133 Å². The van der Waals surface area contributed by atoms with Crippen molar-refractivity contribution in [2.75, 3.05) is 11.9 Å². The first-order valence-corrected chi connectivity index (χ1v) is 7.85.